The Balaban J connectivity index is 1.37. The van der Waals surface area contributed by atoms with Gasteiger partial charge in [0.25, 0.3) is 12.3 Å². The highest BCUT2D eigenvalue weighted by Gasteiger charge is 2.65. The van der Waals surface area contributed by atoms with Gasteiger partial charge in [-0.1, -0.05) is 80.9 Å². The van der Waals surface area contributed by atoms with Crippen molar-refractivity contribution in [3.05, 3.63) is 119 Å². The lowest BCUT2D eigenvalue weighted by Crippen LogP contribution is -2.51. The number of aryl methyl sites for hydroxylation is 1. The van der Waals surface area contributed by atoms with Gasteiger partial charge in [0.2, 0.25) is 5.96 Å². The van der Waals surface area contributed by atoms with Gasteiger partial charge in [0.1, 0.15) is 25.1 Å². The van der Waals surface area contributed by atoms with Gasteiger partial charge in [-0.3, -0.25) is 20.0 Å². The topological polar surface area (TPSA) is 153 Å². The fraction of sp³-hybridized carbons (Fsp3) is 0.357. The molecule has 3 heterocycles. The molecule has 1 aliphatic heterocycles. The van der Waals surface area contributed by atoms with Gasteiger partial charge in [0.15, 0.2) is 11.4 Å². The Hall–Kier alpha value is -6.17. The lowest BCUT2D eigenvalue weighted by molar-refractivity contribution is -0.164. The van der Waals surface area contributed by atoms with Crippen molar-refractivity contribution in [2.75, 3.05) is 6.61 Å². The highest BCUT2D eigenvalue weighted by atomic mass is 35.5. The first-order valence-electron chi connectivity index (χ1n) is 19.1. The number of fused-ring (bicyclic) bond motifs is 1. The van der Waals surface area contributed by atoms with Crippen molar-refractivity contribution >= 4 is 46.4 Å². The SMILES string of the molecule is Cc1nccc2cc([C@@]3(CC(C)(C)C)N=C(NC(=O)OCc4ccccc4)N([C@H](COC(=O)NC4(C(F)(F)F)CC4)c4ccc(Cl)c(-n5ncnc5C(F)F)c4)C3=O)ccc12. The van der Waals surface area contributed by atoms with Crippen LogP contribution >= 0.6 is 11.6 Å². The Morgan fingerprint density at radius 3 is 2.36 bits per heavy atom. The van der Waals surface area contributed by atoms with Gasteiger partial charge in [0, 0.05) is 17.3 Å². The number of nitrogens with one attached hydrogen (secondary N) is 2. The van der Waals surface area contributed by atoms with E-state index in [0.717, 1.165) is 32.4 Å². The number of carbonyl (C=O) groups is 3. The van der Waals surface area contributed by atoms with Crippen LogP contribution < -0.4 is 10.6 Å². The number of hydrogen-bond acceptors (Lipinski definition) is 9. The molecular formula is C42H40ClF5N8O5. The van der Waals surface area contributed by atoms with E-state index in [4.69, 9.17) is 26.1 Å². The van der Waals surface area contributed by atoms with Crippen molar-refractivity contribution in [2.24, 2.45) is 10.4 Å². The van der Waals surface area contributed by atoms with Crippen LogP contribution in [0.4, 0.5) is 31.5 Å². The predicted molar refractivity (Wildman–Crippen MR) is 213 cm³/mol. The molecule has 19 heteroatoms. The highest BCUT2D eigenvalue weighted by Crippen LogP contribution is 2.49. The van der Waals surface area contributed by atoms with E-state index in [1.54, 1.807) is 60.8 Å². The van der Waals surface area contributed by atoms with E-state index < -0.39 is 65.7 Å². The number of halogens is 6. The number of aromatic nitrogens is 4. The van der Waals surface area contributed by atoms with Crippen molar-refractivity contribution in [1.29, 1.82) is 0 Å². The molecule has 61 heavy (non-hydrogen) atoms. The average Bonchev–Trinajstić information content (AvgIpc) is 3.74. The minimum absolute atomic E-state index is 0.0554. The zero-order valence-electron chi connectivity index (χ0n) is 33.3. The Morgan fingerprint density at radius 1 is 0.951 bits per heavy atom. The number of guanidine groups is 1. The number of alkyl carbamates (subject to hydrolysis) is 2. The molecule has 2 aromatic heterocycles. The Bertz CT molecular complexity index is 2510. The second-order valence-electron chi connectivity index (χ2n) is 16.1. The standard InChI is InChI=1S/C42H40ClF5N8O5/c1-24-29-12-11-28(18-26(29)14-17-49-24)41(22-39(2,3)4)35(57)55(36(53-41)52-37(58)60-20-25-8-6-5-7-9-25)32(21-61-38(59)54-40(15-16-40)42(46,47)48)27-10-13-30(43)31(19-27)56-34(33(44)45)50-23-51-56/h5-14,17-19,23,32-33H,15-16,20-22H2,1-4H3,(H,54,59)(H,52,53,58)/t32-,41-/m1/s1. The monoisotopic (exact) mass is 866 g/mol. The summed E-state index contributed by atoms with van der Waals surface area (Å²) < 4.78 is 81.6. The molecule has 1 fully saturated rings. The van der Waals surface area contributed by atoms with E-state index in [9.17, 15) is 31.5 Å². The normalized spacial score (nSPS) is 17.9. The van der Waals surface area contributed by atoms with Crippen molar-refractivity contribution in [2.45, 2.75) is 83.3 Å². The van der Waals surface area contributed by atoms with Gasteiger partial charge < -0.3 is 14.8 Å². The van der Waals surface area contributed by atoms with Crippen molar-refractivity contribution in [3.8, 4) is 5.69 Å². The molecule has 0 spiro atoms. The highest BCUT2D eigenvalue weighted by molar-refractivity contribution is 6.32. The number of benzene rings is 3. The van der Waals surface area contributed by atoms with Crippen molar-refractivity contribution < 1.29 is 45.8 Å². The van der Waals surface area contributed by atoms with E-state index in [0.29, 0.717) is 11.1 Å². The Kier molecular flexibility index (Phi) is 11.5. The van der Waals surface area contributed by atoms with E-state index >= 15 is 4.79 Å². The quantitative estimate of drug-likeness (QED) is 0.125. The molecule has 1 aliphatic carbocycles. The first-order chi connectivity index (χ1) is 28.8. The third-order valence-electron chi connectivity index (χ3n) is 10.4. The summed E-state index contributed by atoms with van der Waals surface area (Å²) in [7, 11) is 0. The van der Waals surface area contributed by atoms with Gasteiger partial charge >= 0.3 is 18.4 Å². The van der Waals surface area contributed by atoms with Gasteiger partial charge in [-0.15, -0.1) is 0 Å². The molecule has 13 nitrogen and oxygen atoms in total. The van der Waals surface area contributed by atoms with Crippen LogP contribution in [0.25, 0.3) is 16.5 Å². The van der Waals surface area contributed by atoms with E-state index in [2.05, 4.69) is 20.4 Å². The molecule has 320 valence electrons. The van der Waals surface area contributed by atoms with Crippen LogP contribution in [0.2, 0.25) is 5.02 Å². The number of ether oxygens (including phenoxy) is 2. The number of hydrogen-bond donors (Lipinski definition) is 2. The molecular weight excluding hydrogens is 827 g/mol. The number of pyridine rings is 1. The summed E-state index contributed by atoms with van der Waals surface area (Å²) in [4.78, 5) is 56.4. The maximum atomic E-state index is 15.6. The molecule has 7 rings (SSSR count). The number of nitrogens with zero attached hydrogens (tertiary/aromatic N) is 6. The predicted octanol–water partition coefficient (Wildman–Crippen LogP) is 9.03. The maximum Gasteiger partial charge on any atom is 0.414 e. The first kappa shape index (κ1) is 42.9. The summed E-state index contributed by atoms with van der Waals surface area (Å²) in [5, 5.41) is 9.89. The summed E-state index contributed by atoms with van der Waals surface area (Å²) >= 11 is 6.53. The van der Waals surface area contributed by atoms with Crippen molar-refractivity contribution in [1.82, 2.24) is 35.3 Å². The molecule has 0 bridgehead atoms. The van der Waals surface area contributed by atoms with Crippen LogP contribution in [0.15, 0.2) is 90.3 Å². The average molecular weight is 867 g/mol. The number of carbonyl (C=O) groups excluding carboxylic acids is 3. The third-order valence-corrected chi connectivity index (χ3v) is 10.7. The molecule has 2 N–H and O–H groups in total. The van der Waals surface area contributed by atoms with Gasteiger partial charge in [-0.2, -0.15) is 18.3 Å². The minimum atomic E-state index is -4.77. The lowest BCUT2D eigenvalue weighted by atomic mass is 9.75. The summed E-state index contributed by atoms with van der Waals surface area (Å²) in [6.45, 7) is 6.51. The number of aliphatic imine (C=N–C) groups is 1. The Morgan fingerprint density at radius 2 is 1.69 bits per heavy atom. The largest absolute Gasteiger partial charge is 0.447 e. The Labute approximate surface area is 351 Å². The number of rotatable bonds is 11. The van der Waals surface area contributed by atoms with Gasteiger partial charge in [0.05, 0.1) is 16.8 Å². The molecule has 2 aliphatic rings. The van der Waals surface area contributed by atoms with Crippen LogP contribution in [0.1, 0.15) is 80.7 Å². The fourth-order valence-electron chi connectivity index (χ4n) is 7.36. The van der Waals surface area contributed by atoms with E-state index in [1.807, 2.05) is 33.0 Å². The molecule has 5 aromatic rings. The summed E-state index contributed by atoms with van der Waals surface area (Å²) in [6, 6.07) is 18.4. The van der Waals surface area contributed by atoms with Gasteiger partial charge in [-0.05, 0) is 77.9 Å². The fourth-order valence-corrected chi connectivity index (χ4v) is 7.56. The lowest BCUT2D eigenvalue weighted by Gasteiger charge is -2.35. The maximum absolute atomic E-state index is 15.6. The summed E-state index contributed by atoms with van der Waals surface area (Å²) in [6.07, 6.45) is -8.48. The van der Waals surface area contributed by atoms with Gasteiger partial charge in [-0.25, -0.2) is 33.0 Å². The smallest absolute Gasteiger partial charge is 0.414 e. The molecule has 0 radical (unpaired) electrons. The summed E-state index contributed by atoms with van der Waals surface area (Å²) in [5.74, 6) is -1.84. The summed E-state index contributed by atoms with van der Waals surface area (Å²) in [5.41, 5.74) is -3.12. The number of alkyl halides is 5. The van der Waals surface area contributed by atoms with Crippen LogP contribution in [-0.2, 0) is 26.4 Å². The van der Waals surface area contributed by atoms with E-state index in [1.165, 1.54) is 18.2 Å². The molecule has 3 amide bonds. The first-order valence-corrected chi connectivity index (χ1v) is 19.5. The van der Waals surface area contributed by atoms with Crippen LogP contribution in [0, 0.1) is 12.3 Å². The molecule has 1 saturated carbocycles. The van der Waals surface area contributed by atoms with Crippen molar-refractivity contribution in [3.63, 3.8) is 0 Å². The molecule has 0 unspecified atom stereocenters. The second kappa shape index (κ2) is 16.4. The minimum Gasteiger partial charge on any atom is -0.447 e. The van der Waals surface area contributed by atoms with Crippen LogP contribution in [0.3, 0.4) is 0 Å². The molecule has 2 atom stereocenters. The zero-order valence-corrected chi connectivity index (χ0v) is 34.0. The van der Waals surface area contributed by atoms with E-state index in [-0.39, 0.29) is 48.1 Å². The zero-order chi connectivity index (χ0) is 43.9. The van der Waals surface area contributed by atoms with Crippen LogP contribution in [-0.4, -0.2) is 67.0 Å². The third kappa shape index (κ3) is 8.85. The van der Waals surface area contributed by atoms with Crippen LogP contribution in [0.5, 0.6) is 0 Å². The molecule has 3 aromatic carbocycles. The second-order valence-corrected chi connectivity index (χ2v) is 16.5. The number of amides is 3. The molecule has 0 saturated heterocycles.